The molecule has 1 saturated carbocycles. The van der Waals surface area contributed by atoms with Crippen LogP contribution in [-0.4, -0.2) is 36.3 Å². The van der Waals surface area contributed by atoms with Crippen molar-refractivity contribution in [2.24, 2.45) is 5.92 Å². The van der Waals surface area contributed by atoms with Crippen LogP contribution in [0.3, 0.4) is 0 Å². The van der Waals surface area contributed by atoms with E-state index in [9.17, 15) is 9.59 Å². The molecule has 25 heavy (non-hydrogen) atoms. The van der Waals surface area contributed by atoms with Crippen molar-refractivity contribution in [2.45, 2.75) is 57.3 Å². The highest BCUT2D eigenvalue weighted by Crippen LogP contribution is 2.39. The second-order valence-corrected chi connectivity index (χ2v) is 7.71. The minimum atomic E-state index is 0.0482. The molecule has 3 rings (SSSR count). The highest BCUT2D eigenvalue weighted by atomic mass is 16.2. The van der Waals surface area contributed by atoms with E-state index in [4.69, 9.17) is 0 Å². The van der Waals surface area contributed by atoms with Gasteiger partial charge in [-0.2, -0.15) is 0 Å². The first-order valence-corrected chi connectivity index (χ1v) is 9.69. The van der Waals surface area contributed by atoms with Gasteiger partial charge in [0, 0.05) is 37.9 Å². The zero-order chi connectivity index (χ0) is 17.7. The number of nitrogens with one attached hydrogen (secondary N) is 1. The molecule has 1 aliphatic heterocycles. The zero-order valence-electron chi connectivity index (χ0n) is 15.3. The molecule has 136 valence electrons. The van der Waals surface area contributed by atoms with Crippen molar-refractivity contribution >= 4 is 11.8 Å². The Labute approximate surface area is 151 Å². The third-order valence-electron chi connectivity index (χ3n) is 6.11. The molecule has 1 saturated heterocycles. The average molecular weight is 342 g/mol. The van der Waals surface area contributed by atoms with Crippen molar-refractivity contribution in [3.63, 3.8) is 0 Å². The molecule has 0 radical (unpaired) electrons. The van der Waals surface area contributed by atoms with Crippen LogP contribution >= 0.6 is 0 Å². The molecule has 1 aromatic carbocycles. The number of hydrogen-bond acceptors (Lipinski definition) is 2. The molecule has 1 aromatic rings. The summed E-state index contributed by atoms with van der Waals surface area (Å²) in [5, 5.41) is 3.26. The molecule has 0 atom stereocenters. The molecular formula is C21H30N2O2. The first-order chi connectivity index (χ1) is 12.1. The van der Waals surface area contributed by atoms with Crippen LogP contribution in [0.5, 0.6) is 0 Å². The summed E-state index contributed by atoms with van der Waals surface area (Å²) in [6.45, 7) is 3.75. The van der Waals surface area contributed by atoms with Crippen LogP contribution in [0.25, 0.3) is 0 Å². The van der Waals surface area contributed by atoms with Crippen LogP contribution in [0.15, 0.2) is 30.3 Å². The van der Waals surface area contributed by atoms with E-state index in [2.05, 4.69) is 35.6 Å². The van der Waals surface area contributed by atoms with E-state index in [0.29, 0.717) is 13.1 Å². The molecule has 4 nitrogen and oxygen atoms in total. The smallest absolute Gasteiger partial charge is 0.223 e. The number of carbonyl (C=O) groups excluding carboxylic acids is 2. The number of rotatable bonds is 4. The number of amides is 2. The van der Waals surface area contributed by atoms with Crippen molar-refractivity contribution < 1.29 is 9.59 Å². The van der Waals surface area contributed by atoms with Gasteiger partial charge >= 0.3 is 0 Å². The topological polar surface area (TPSA) is 49.4 Å². The van der Waals surface area contributed by atoms with Gasteiger partial charge < -0.3 is 10.2 Å². The third kappa shape index (κ3) is 4.23. The Morgan fingerprint density at radius 3 is 2.32 bits per heavy atom. The van der Waals surface area contributed by atoms with E-state index in [1.54, 1.807) is 6.92 Å². The number of carbonyl (C=O) groups is 2. The second kappa shape index (κ2) is 8.03. The molecule has 2 amide bonds. The lowest BCUT2D eigenvalue weighted by Gasteiger charge is -2.39. The summed E-state index contributed by atoms with van der Waals surface area (Å²) >= 11 is 0. The molecule has 0 unspecified atom stereocenters. The van der Waals surface area contributed by atoms with Crippen molar-refractivity contribution in [2.75, 3.05) is 19.6 Å². The van der Waals surface area contributed by atoms with Crippen LogP contribution < -0.4 is 5.32 Å². The van der Waals surface area contributed by atoms with Crippen LogP contribution in [0, 0.1) is 5.92 Å². The third-order valence-corrected chi connectivity index (χ3v) is 6.11. The predicted molar refractivity (Wildman–Crippen MR) is 99.2 cm³/mol. The molecule has 0 bridgehead atoms. The van der Waals surface area contributed by atoms with Gasteiger partial charge in [0.15, 0.2) is 0 Å². The summed E-state index contributed by atoms with van der Waals surface area (Å²) in [5.74, 6) is 0.334. The van der Waals surface area contributed by atoms with Gasteiger partial charge in [0.05, 0.1) is 0 Å². The SMILES string of the molecule is CC(=O)N1CCC(C(=O)NCC2(c3ccccc3)CCCCC2)CC1. The number of nitrogens with zero attached hydrogens (tertiary/aromatic N) is 1. The minimum absolute atomic E-state index is 0.0482. The lowest BCUT2D eigenvalue weighted by molar-refractivity contribution is -0.134. The van der Waals surface area contributed by atoms with E-state index in [1.807, 2.05) is 4.90 Å². The first-order valence-electron chi connectivity index (χ1n) is 9.69. The maximum Gasteiger partial charge on any atom is 0.223 e. The van der Waals surface area contributed by atoms with Gasteiger partial charge in [0.25, 0.3) is 0 Å². The second-order valence-electron chi connectivity index (χ2n) is 7.71. The van der Waals surface area contributed by atoms with Crippen molar-refractivity contribution in [1.29, 1.82) is 0 Å². The van der Waals surface area contributed by atoms with E-state index in [-0.39, 0.29) is 23.1 Å². The quantitative estimate of drug-likeness (QED) is 0.913. The average Bonchev–Trinajstić information content (AvgIpc) is 2.67. The summed E-state index contributed by atoms with van der Waals surface area (Å²) in [6.07, 6.45) is 7.64. The van der Waals surface area contributed by atoms with E-state index >= 15 is 0 Å². The van der Waals surface area contributed by atoms with Gasteiger partial charge in [-0.25, -0.2) is 0 Å². The number of hydrogen-bond donors (Lipinski definition) is 1. The Bertz CT molecular complexity index is 585. The lowest BCUT2D eigenvalue weighted by atomic mass is 9.69. The highest BCUT2D eigenvalue weighted by Gasteiger charge is 2.35. The monoisotopic (exact) mass is 342 g/mol. The van der Waals surface area contributed by atoms with Crippen LogP contribution in [0.2, 0.25) is 0 Å². The van der Waals surface area contributed by atoms with Crippen LogP contribution in [0.4, 0.5) is 0 Å². The molecule has 1 N–H and O–H groups in total. The fraction of sp³-hybridized carbons (Fsp3) is 0.619. The Balaban J connectivity index is 1.60. The maximum atomic E-state index is 12.7. The molecule has 2 fully saturated rings. The normalized spacial score (nSPS) is 20.9. The van der Waals surface area contributed by atoms with Crippen LogP contribution in [-0.2, 0) is 15.0 Å². The van der Waals surface area contributed by atoms with E-state index in [1.165, 1.54) is 24.8 Å². The molecule has 1 heterocycles. The summed E-state index contributed by atoms with van der Waals surface area (Å²) in [4.78, 5) is 26.0. The van der Waals surface area contributed by atoms with Crippen molar-refractivity contribution in [3.8, 4) is 0 Å². The fourth-order valence-electron chi connectivity index (χ4n) is 4.44. The zero-order valence-corrected chi connectivity index (χ0v) is 15.3. The molecular weight excluding hydrogens is 312 g/mol. The summed E-state index contributed by atoms with van der Waals surface area (Å²) in [6, 6.07) is 10.7. The number of benzene rings is 1. The maximum absolute atomic E-state index is 12.7. The van der Waals surface area contributed by atoms with Gasteiger partial charge in [-0.15, -0.1) is 0 Å². The Morgan fingerprint density at radius 2 is 1.72 bits per heavy atom. The molecule has 4 heteroatoms. The minimum Gasteiger partial charge on any atom is -0.355 e. The summed E-state index contributed by atoms with van der Waals surface area (Å²) in [5.41, 5.74) is 1.45. The summed E-state index contributed by atoms with van der Waals surface area (Å²) < 4.78 is 0. The van der Waals surface area contributed by atoms with Gasteiger partial charge in [-0.1, -0.05) is 49.6 Å². The molecule has 0 spiro atoms. The largest absolute Gasteiger partial charge is 0.355 e. The van der Waals surface area contributed by atoms with Gasteiger partial charge in [0.2, 0.25) is 11.8 Å². The number of likely N-dealkylation sites (tertiary alicyclic amines) is 1. The Morgan fingerprint density at radius 1 is 1.08 bits per heavy atom. The Kier molecular flexibility index (Phi) is 5.77. The van der Waals surface area contributed by atoms with E-state index < -0.39 is 0 Å². The number of piperidine rings is 1. The van der Waals surface area contributed by atoms with Crippen molar-refractivity contribution in [1.82, 2.24) is 10.2 Å². The van der Waals surface area contributed by atoms with Gasteiger partial charge in [-0.3, -0.25) is 9.59 Å². The van der Waals surface area contributed by atoms with Crippen molar-refractivity contribution in [3.05, 3.63) is 35.9 Å². The molecule has 1 aliphatic carbocycles. The highest BCUT2D eigenvalue weighted by molar-refractivity contribution is 5.79. The van der Waals surface area contributed by atoms with Gasteiger partial charge in [-0.05, 0) is 31.2 Å². The standard InChI is InChI=1S/C21H30N2O2/c1-17(24)23-14-10-18(11-15-23)20(25)22-16-21(12-6-3-7-13-21)19-8-4-2-5-9-19/h2,4-5,8-9,18H,3,6-7,10-16H2,1H3,(H,22,25). The van der Waals surface area contributed by atoms with Gasteiger partial charge in [0.1, 0.15) is 0 Å². The Hall–Kier alpha value is -1.84. The van der Waals surface area contributed by atoms with Crippen LogP contribution in [0.1, 0.15) is 57.4 Å². The predicted octanol–water partition coefficient (Wildman–Crippen LogP) is 3.26. The fourth-order valence-corrected chi connectivity index (χ4v) is 4.44. The lowest BCUT2D eigenvalue weighted by Crippen LogP contribution is -2.46. The summed E-state index contributed by atoms with van der Waals surface area (Å²) in [7, 11) is 0. The molecule has 0 aromatic heterocycles. The van der Waals surface area contributed by atoms with E-state index in [0.717, 1.165) is 32.2 Å². The molecule has 2 aliphatic rings. The first kappa shape index (κ1) is 18.0.